The van der Waals surface area contributed by atoms with Gasteiger partial charge in [-0.2, -0.15) is 0 Å². The van der Waals surface area contributed by atoms with E-state index in [9.17, 15) is 20.1 Å². The van der Waals surface area contributed by atoms with Crippen LogP contribution in [0.5, 0.6) is 0 Å². The number of aliphatic hydroxyl groups is 3. The van der Waals surface area contributed by atoms with Crippen LogP contribution in [0.15, 0.2) is 0 Å². The summed E-state index contributed by atoms with van der Waals surface area (Å²) in [5.74, 6) is -0.343. The van der Waals surface area contributed by atoms with Gasteiger partial charge in [-0.3, -0.25) is 4.79 Å². The van der Waals surface area contributed by atoms with Gasteiger partial charge in [0.25, 0.3) is 0 Å². The summed E-state index contributed by atoms with van der Waals surface area (Å²) in [5, 5.41) is 32.0. The van der Waals surface area contributed by atoms with Gasteiger partial charge in [0.05, 0.1) is 6.61 Å². The smallest absolute Gasteiger partial charge is 0.217 e. The van der Waals surface area contributed by atoms with Gasteiger partial charge < -0.3 is 30.1 Å². The van der Waals surface area contributed by atoms with E-state index >= 15 is 0 Å². The lowest BCUT2D eigenvalue weighted by molar-refractivity contribution is -0.270. The fourth-order valence-electron chi connectivity index (χ4n) is 3.40. The molecule has 0 aromatic carbocycles. The molecule has 7 heteroatoms. The molecule has 1 aliphatic heterocycles. The highest BCUT2D eigenvalue weighted by molar-refractivity contribution is 5.73. The first kappa shape index (κ1) is 24.3. The van der Waals surface area contributed by atoms with Crippen molar-refractivity contribution in [2.24, 2.45) is 0 Å². The minimum Gasteiger partial charge on any atom is -0.394 e. The lowest BCUT2D eigenvalue weighted by Gasteiger charge is -2.42. The lowest BCUT2D eigenvalue weighted by Crippen LogP contribution is -2.64. The molecule has 0 bridgehead atoms. The molecule has 0 unspecified atom stereocenters. The maximum Gasteiger partial charge on any atom is 0.217 e. The maximum atomic E-state index is 11.4. The van der Waals surface area contributed by atoms with Crippen LogP contribution in [0.3, 0.4) is 0 Å². The molecule has 1 amide bonds. The number of nitrogens with one attached hydrogen (secondary N) is 1. The fourth-order valence-corrected chi connectivity index (χ4v) is 3.40. The summed E-state index contributed by atoms with van der Waals surface area (Å²) in [6.07, 6.45) is 7.87. The Morgan fingerprint density at radius 1 is 0.963 bits per heavy atom. The van der Waals surface area contributed by atoms with Gasteiger partial charge in [0, 0.05) is 13.5 Å². The summed E-state index contributed by atoms with van der Waals surface area (Å²) < 4.78 is 11.2. The number of amides is 1. The molecule has 4 N–H and O–H groups in total. The van der Waals surface area contributed by atoms with Gasteiger partial charge >= 0.3 is 0 Å². The molecular formula is C20H39NO6. The second-order valence-electron chi connectivity index (χ2n) is 7.49. The third-order valence-corrected chi connectivity index (χ3v) is 5.03. The Bertz CT molecular complexity index is 395. The summed E-state index contributed by atoms with van der Waals surface area (Å²) in [4.78, 5) is 11.4. The van der Waals surface area contributed by atoms with Gasteiger partial charge in [-0.1, -0.05) is 64.7 Å². The Hall–Kier alpha value is -0.730. The summed E-state index contributed by atoms with van der Waals surface area (Å²) in [6.45, 7) is 3.57. The summed E-state index contributed by atoms with van der Waals surface area (Å²) in [6, 6.07) is -0.858. The predicted octanol–water partition coefficient (Wildman–Crippen LogP) is 1.87. The topological polar surface area (TPSA) is 108 Å². The van der Waals surface area contributed by atoms with Crippen molar-refractivity contribution in [3.8, 4) is 0 Å². The highest BCUT2D eigenvalue weighted by atomic mass is 16.7. The van der Waals surface area contributed by atoms with Crippen molar-refractivity contribution in [3.63, 3.8) is 0 Å². The molecule has 27 heavy (non-hydrogen) atoms. The average molecular weight is 390 g/mol. The van der Waals surface area contributed by atoms with E-state index in [1.165, 1.54) is 58.3 Å². The van der Waals surface area contributed by atoms with E-state index in [4.69, 9.17) is 9.47 Å². The molecule has 1 rings (SSSR count). The molecule has 0 radical (unpaired) electrons. The zero-order valence-electron chi connectivity index (χ0n) is 16.9. The molecule has 0 aromatic rings. The Balaban J connectivity index is 2.23. The highest BCUT2D eigenvalue weighted by Crippen LogP contribution is 2.22. The Labute approximate surface area is 163 Å². The number of carbonyl (C=O) groups excluding carboxylic acids is 1. The first-order valence-corrected chi connectivity index (χ1v) is 10.5. The van der Waals surface area contributed by atoms with Crippen molar-refractivity contribution in [1.29, 1.82) is 0 Å². The molecule has 160 valence electrons. The van der Waals surface area contributed by atoms with Crippen molar-refractivity contribution < 1.29 is 29.6 Å². The van der Waals surface area contributed by atoms with Gasteiger partial charge in [-0.25, -0.2) is 0 Å². The number of rotatable bonds is 14. The maximum absolute atomic E-state index is 11.4. The molecule has 1 fully saturated rings. The van der Waals surface area contributed by atoms with Crippen LogP contribution >= 0.6 is 0 Å². The van der Waals surface area contributed by atoms with Crippen molar-refractivity contribution in [3.05, 3.63) is 0 Å². The summed E-state index contributed by atoms with van der Waals surface area (Å²) >= 11 is 0. The molecule has 7 nitrogen and oxygen atoms in total. The third-order valence-electron chi connectivity index (χ3n) is 5.03. The number of unbranched alkanes of at least 4 members (excludes halogenated alkanes) is 9. The van der Waals surface area contributed by atoms with E-state index in [1.807, 2.05) is 0 Å². The summed E-state index contributed by atoms with van der Waals surface area (Å²) in [7, 11) is 0. The van der Waals surface area contributed by atoms with Crippen LogP contribution in [0.1, 0.15) is 78.1 Å². The quantitative estimate of drug-likeness (QED) is 0.338. The molecular weight excluding hydrogens is 350 g/mol. The van der Waals surface area contributed by atoms with Crippen LogP contribution in [-0.2, 0) is 14.3 Å². The Morgan fingerprint density at radius 3 is 2.04 bits per heavy atom. The number of hydrogen-bond donors (Lipinski definition) is 4. The number of hydrogen-bond acceptors (Lipinski definition) is 6. The van der Waals surface area contributed by atoms with Crippen molar-refractivity contribution in [2.75, 3.05) is 13.2 Å². The van der Waals surface area contributed by atoms with Crippen molar-refractivity contribution >= 4 is 5.91 Å². The normalized spacial score (nSPS) is 28.3. The van der Waals surface area contributed by atoms with Crippen LogP contribution in [0.4, 0.5) is 0 Å². The van der Waals surface area contributed by atoms with Crippen LogP contribution in [0.2, 0.25) is 0 Å². The fraction of sp³-hybridized carbons (Fsp3) is 0.950. The van der Waals surface area contributed by atoms with Crippen LogP contribution in [0.25, 0.3) is 0 Å². The number of carbonyl (C=O) groups is 1. The Kier molecular flexibility index (Phi) is 12.9. The molecule has 0 saturated carbocycles. The number of ether oxygens (including phenoxy) is 2. The van der Waals surface area contributed by atoms with Gasteiger partial charge in [0.2, 0.25) is 5.91 Å². The first-order chi connectivity index (χ1) is 13.0. The van der Waals surface area contributed by atoms with Gasteiger partial charge in [0.1, 0.15) is 24.4 Å². The number of aliphatic hydroxyl groups excluding tert-OH is 3. The molecule has 1 aliphatic rings. The predicted molar refractivity (Wildman–Crippen MR) is 103 cm³/mol. The zero-order valence-corrected chi connectivity index (χ0v) is 16.9. The van der Waals surface area contributed by atoms with E-state index in [-0.39, 0.29) is 5.91 Å². The van der Waals surface area contributed by atoms with E-state index < -0.39 is 37.3 Å². The van der Waals surface area contributed by atoms with Gasteiger partial charge in [0.15, 0.2) is 6.29 Å². The van der Waals surface area contributed by atoms with E-state index in [1.54, 1.807) is 0 Å². The minimum atomic E-state index is -1.27. The van der Waals surface area contributed by atoms with Crippen LogP contribution in [-0.4, -0.2) is 65.1 Å². The zero-order chi connectivity index (χ0) is 20.1. The summed E-state index contributed by atoms with van der Waals surface area (Å²) in [5.41, 5.74) is 0. The van der Waals surface area contributed by atoms with Crippen LogP contribution < -0.4 is 5.32 Å². The van der Waals surface area contributed by atoms with E-state index in [2.05, 4.69) is 12.2 Å². The Morgan fingerprint density at radius 2 is 1.52 bits per heavy atom. The van der Waals surface area contributed by atoms with Crippen molar-refractivity contribution in [1.82, 2.24) is 5.32 Å². The lowest BCUT2D eigenvalue weighted by atomic mass is 9.97. The third kappa shape index (κ3) is 9.34. The molecule has 0 spiro atoms. The van der Waals surface area contributed by atoms with Gasteiger partial charge in [-0.05, 0) is 6.42 Å². The first-order valence-electron chi connectivity index (χ1n) is 10.5. The largest absolute Gasteiger partial charge is 0.394 e. The minimum absolute atomic E-state index is 0.343. The average Bonchev–Trinajstić information content (AvgIpc) is 2.64. The van der Waals surface area contributed by atoms with E-state index in [0.717, 1.165) is 12.8 Å². The van der Waals surface area contributed by atoms with Gasteiger partial charge in [-0.15, -0.1) is 0 Å². The highest BCUT2D eigenvalue weighted by Gasteiger charge is 2.45. The monoisotopic (exact) mass is 389 g/mol. The SMILES string of the molecule is CCCCCCCCCCCCO[C@@H]1O[C@H](CO)[C@H](O)[C@H](O)[C@@H]1NC(C)=O. The second-order valence-corrected chi connectivity index (χ2v) is 7.49. The molecule has 1 saturated heterocycles. The standard InChI is InChI=1S/C20H39NO6/c1-3-4-5-6-7-8-9-10-11-12-13-26-20-17(21-15(2)23)19(25)18(24)16(14-22)27-20/h16-20,22,24-25H,3-14H2,1-2H3,(H,21,23)/t16-,17+,18+,19-,20-/m1/s1. The molecule has 0 aliphatic carbocycles. The molecule has 0 aromatic heterocycles. The molecule has 1 heterocycles. The second kappa shape index (κ2) is 14.3. The van der Waals surface area contributed by atoms with E-state index in [0.29, 0.717) is 6.61 Å². The molecule has 5 atom stereocenters. The van der Waals surface area contributed by atoms with Crippen LogP contribution in [0, 0.1) is 0 Å². The van der Waals surface area contributed by atoms with Crippen molar-refractivity contribution in [2.45, 2.75) is 109 Å².